The Morgan fingerprint density at radius 2 is 1.40 bits per heavy atom. The summed E-state index contributed by atoms with van der Waals surface area (Å²) in [5, 5.41) is 0. The van der Waals surface area contributed by atoms with E-state index in [-0.39, 0.29) is 29.6 Å². The fourth-order valence-electron chi connectivity index (χ4n) is 0. The summed E-state index contributed by atoms with van der Waals surface area (Å²) in [6.07, 6.45) is 1.08. The molecule has 0 atom stereocenters. The topological polar surface area (TPSA) is 34.1 Å². The van der Waals surface area contributed by atoms with Crippen LogP contribution in [0.4, 0.5) is 0 Å². The summed E-state index contributed by atoms with van der Waals surface area (Å²) in [4.78, 5) is 0. The van der Waals surface area contributed by atoms with Gasteiger partial charge in [-0.2, -0.15) is 0 Å². The zero-order valence-corrected chi connectivity index (χ0v) is 6.04. The molecule has 0 aromatic rings. The van der Waals surface area contributed by atoms with E-state index in [4.69, 9.17) is 8.42 Å². The quantitative estimate of drug-likeness (QED) is 0.240. The van der Waals surface area contributed by atoms with Crippen LogP contribution in [0, 0.1) is 0 Å². The molecule has 4 heteroatoms. The van der Waals surface area contributed by atoms with Gasteiger partial charge in [0.2, 0.25) is 0 Å². The molecule has 26 valence electrons. The van der Waals surface area contributed by atoms with E-state index in [0.29, 0.717) is 0 Å². The summed E-state index contributed by atoms with van der Waals surface area (Å²) in [6.45, 7) is 0. The maximum absolute atomic E-state index is 9.00. The van der Waals surface area contributed by atoms with E-state index < -0.39 is 10.7 Å². The van der Waals surface area contributed by atoms with Gasteiger partial charge in [-0.05, 0) is 0 Å². The van der Waals surface area contributed by atoms with Crippen LogP contribution >= 0.6 is 0 Å². The second-order valence-corrected chi connectivity index (χ2v) is 1.20. The Morgan fingerprint density at radius 1 is 1.40 bits per heavy atom. The monoisotopic (exact) mass is 102 g/mol. The SMILES string of the molecule is C[S-](=O)=O.[Na+]. The van der Waals surface area contributed by atoms with E-state index in [1.54, 1.807) is 0 Å². The van der Waals surface area contributed by atoms with Gasteiger partial charge >= 0.3 is 29.6 Å². The number of hydrogen-bond donors (Lipinski definition) is 0. The van der Waals surface area contributed by atoms with E-state index in [0.717, 1.165) is 6.26 Å². The second-order valence-electron chi connectivity index (χ2n) is 0.401. The third-order valence-electron chi connectivity index (χ3n) is 0. The summed E-state index contributed by atoms with van der Waals surface area (Å²) in [6, 6.07) is 0. The average Bonchev–Trinajstić information content (AvgIpc) is 0.811. The summed E-state index contributed by atoms with van der Waals surface area (Å²) < 4.78 is 18.0. The first kappa shape index (κ1) is 9.34. The first-order valence-corrected chi connectivity index (χ1v) is 2.22. The van der Waals surface area contributed by atoms with E-state index in [1.165, 1.54) is 0 Å². The van der Waals surface area contributed by atoms with Gasteiger partial charge in [-0.25, -0.2) is 0 Å². The Bertz CT molecular complexity index is 58.0. The zero-order valence-electron chi connectivity index (χ0n) is 3.22. The van der Waals surface area contributed by atoms with Gasteiger partial charge in [0, 0.05) is 0 Å². The van der Waals surface area contributed by atoms with Gasteiger partial charge in [-0.1, -0.05) is 17.0 Å². The van der Waals surface area contributed by atoms with Gasteiger partial charge in [0.05, 0.1) is 0 Å². The fourth-order valence-corrected chi connectivity index (χ4v) is 0. The molecule has 5 heavy (non-hydrogen) atoms. The second kappa shape index (κ2) is 4.95. The van der Waals surface area contributed by atoms with E-state index in [1.807, 2.05) is 0 Å². The molecule has 0 N–H and O–H groups in total. The largest absolute Gasteiger partial charge is 1.00 e. The molecule has 0 heterocycles. The van der Waals surface area contributed by atoms with Crippen molar-refractivity contribution in [2.45, 2.75) is 0 Å². The van der Waals surface area contributed by atoms with Crippen LogP contribution in [-0.2, 0) is 19.1 Å². The molecule has 0 aliphatic rings. The van der Waals surface area contributed by atoms with Crippen LogP contribution < -0.4 is 29.6 Å². The molecule has 0 rings (SSSR count). The maximum atomic E-state index is 9.00. The molecule has 0 aliphatic carbocycles. The molecule has 0 aromatic carbocycles. The van der Waals surface area contributed by atoms with Crippen molar-refractivity contribution in [1.82, 2.24) is 0 Å². The van der Waals surface area contributed by atoms with Gasteiger partial charge in [-0.3, -0.25) is 0 Å². The smallest absolute Gasteiger partial charge is 0.424 e. The van der Waals surface area contributed by atoms with Gasteiger partial charge < -0.3 is 8.42 Å². The predicted octanol–water partition coefficient (Wildman–Crippen LogP) is -3.07. The first-order chi connectivity index (χ1) is 1.73. The van der Waals surface area contributed by atoms with Crippen LogP contribution in [0.2, 0.25) is 0 Å². The van der Waals surface area contributed by atoms with Crippen LogP contribution in [0.5, 0.6) is 0 Å². The van der Waals surface area contributed by atoms with E-state index >= 15 is 0 Å². The van der Waals surface area contributed by atoms with Crippen molar-refractivity contribution in [3.8, 4) is 0 Å². The van der Waals surface area contributed by atoms with Crippen LogP contribution in [0.3, 0.4) is 0 Å². The van der Waals surface area contributed by atoms with Crippen molar-refractivity contribution in [2.24, 2.45) is 0 Å². The Labute approximate surface area is 54.8 Å². The van der Waals surface area contributed by atoms with Crippen LogP contribution in [0.1, 0.15) is 0 Å². The summed E-state index contributed by atoms with van der Waals surface area (Å²) in [7, 11) is -1.86. The Balaban J connectivity index is 0. The third kappa shape index (κ3) is 47.7. The normalized spacial score (nSPS) is 6.80. The van der Waals surface area contributed by atoms with Crippen molar-refractivity contribution in [1.29, 1.82) is 0 Å². The van der Waals surface area contributed by atoms with Gasteiger partial charge in [0.25, 0.3) is 0 Å². The summed E-state index contributed by atoms with van der Waals surface area (Å²) >= 11 is 0. The molecular weight excluding hydrogens is 99.1 g/mol. The van der Waals surface area contributed by atoms with E-state index in [9.17, 15) is 0 Å². The Hall–Kier alpha value is 0.950. The maximum Gasteiger partial charge on any atom is 1.00 e. The standard InChI is InChI=1S/CH3O2S.Na/c1-4(2)3;/h1H3;/q-1;+1. The molecule has 2 nitrogen and oxygen atoms in total. The molecule has 0 saturated heterocycles. The molecule has 0 fully saturated rings. The molecule has 0 spiro atoms. The first-order valence-electron chi connectivity index (χ1n) is 0.742. The van der Waals surface area contributed by atoms with Crippen molar-refractivity contribution >= 4 is 10.7 Å². The molecule has 0 bridgehead atoms. The number of hydrogen-bond acceptors (Lipinski definition) is 3. The summed E-state index contributed by atoms with van der Waals surface area (Å²) in [5.41, 5.74) is 0. The predicted molar refractivity (Wildman–Crippen MR) is 14.7 cm³/mol. The molecule has 0 saturated carbocycles. The average molecular weight is 102 g/mol. The fraction of sp³-hybridized carbons (Fsp3) is 1.00. The molecule has 0 aliphatic heterocycles. The molecule has 0 amide bonds. The van der Waals surface area contributed by atoms with Gasteiger partial charge in [-0.15, -0.1) is 0 Å². The van der Waals surface area contributed by atoms with Gasteiger partial charge in [0.15, 0.2) is 0 Å². The summed E-state index contributed by atoms with van der Waals surface area (Å²) in [5.74, 6) is 0. The third-order valence-corrected chi connectivity index (χ3v) is 0. The Morgan fingerprint density at radius 3 is 1.40 bits per heavy atom. The minimum Gasteiger partial charge on any atom is -0.424 e. The van der Waals surface area contributed by atoms with Crippen LogP contribution in [0.25, 0.3) is 0 Å². The van der Waals surface area contributed by atoms with Crippen LogP contribution in [-0.4, -0.2) is 6.26 Å². The van der Waals surface area contributed by atoms with Crippen molar-refractivity contribution in [3.63, 3.8) is 0 Å². The molecule has 0 unspecified atom stereocenters. The minimum absolute atomic E-state index is 0. The molecule has 0 aromatic heterocycles. The van der Waals surface area contributed by atoms with Gasteiger partial charge in [0.1, 0.15) is 0 Å². The zero-order chi connectivity index (χ0) is 3.58. The van der Waals surface area contributed by atoms with E-state index in [2.05, 4.69) is 0 Å². The molecule has 0 radical (unpaired) electrons. The Kier molecular flexibility index (Phi) is 9.25. The number of rotatable bonds is 0. The van der Waals surface area contributed by atoms with Crippen molar-refractivity contribution in [2.75, 3.05) is 6.26 Å². The van der Waals surface area contributed by atoms with Crippen molar-refractivity contribution in [3.05, 3.63) is 0 Å². The minimum atomic E-state index is -1.86. The molecular formula is CH3NaO2S. The van der Waals surface area contributed by atoms with Crippen molar-refractivity contribution < 1.29 is 38.0 Å². The van der Waals surface area contributed by atoms with Crippen LogP contribution in [0.15, 0.2) is 0 Å².